The fraction of sp³-hybridized carbons (Fsp3) is 0.462. The van der Waals surface area contributed by atoms with Gasteiger partial charge in [0.15, 0.2) is 0 Å². The number of carbonyl (C=O) groups is 2. The number of sulfonamides is 1. The van der Waals surface area contributed by atoms with E-state index in [1.807, 2.05) is 51.1 Å². The molecule has 1 N–H and O–H groups in total. The first-order valence-electron chi connectivity index (χ1n) is 11.8. The number of nitrogens with zero attached hydrogens (tertiary/aromatic N) is 2. The van der Waals surface area contributed by atoms with Gasteiger partial charge in [-0.15, -0.1) is 0 Å². The topological polar surface area (TPSA) is 86.8 Å². The van der Waals surface area contributed by atoms with Gasteiger partial charge in [-0.05, 0) is 48.9 Å². The fourth-order valence-corrected chi connectivity index (χ4v) is 4.85. The molecule has 0 radical (unpaired) electrons. The highest BCUT2D eigenvalue weighted by atomic mass is 35.5. The van der Waals surface area contributed by atoms with Crippen LogP contribution < -0.4 is 9.62 Å². The van der Waals surface area contributed by atoms with Crippen molar-refractivity contribution in [1.29, 1.82) is 0 Å². The Hall–Kier alpha value is -2.58. The number of anilines is 1. The first kappa shape index (κ1) is 28.7. The molecule has 2 rings (SSSR count). The molecule has 9 heteroatoms. The average molecular weight is 522 g/mol. The Morgan fingerprint density at radius 1 is 1.06 bits per heavy atom. The molecule has 0 unspecified atom stereocenters. The molecule has 192 valence electrons. The summed E-state index contributed by atoms with van der Waals surface area (Å²) in [5, 5.41) is 3.32. The van der Waals surface area contributed by atoms with E-state index in [9.17, 15) is 18.0 Å². The maximum absolute atomic E-state index is 13.6. The number of rotatable bonds is 12. The lowest BCUT2D eigenvalue weighted by molar-refractivity contribution is -0.139. The van der Waals surface area contributed by atoms with Crippen LogP contribution in [0.5, 0.6) is 0 Å². The SMILES string of the molecule is CC[C@H](C(=O)NCC(C)C)N(CCc1ccccc1)C(=O)CN(c1cccc(Cl)c1C)S(C)(=O)=O. The normalized spacial score (nSPS) is 12.3. The molecule has 7 nitrogen and oxygen atoms in total. The second-order valence-electron chi connectivity index (χ2n) is 9.04. The zero-order valence-electron chi connectivity index (χ0n) is 21.1. The van der Waals surface area contributed by atoms with Crippen molar-refractivity contribution in [2.75, 3.05) is 30.2 Å². The van der Waals surface area contributed by atoms with Crippen LogP contribution in [0.15, 0.2) is 48.5 Å². The number of halogens is 1. The third-order valence-corrected chi connectivity index (χ3v) is 7.28. The van der Waals surface area contributed by atoms with Gasteiger partial charge in [-0.25, -0.2) is 8.42 Å². The maximum Gasteiger partial charge on any atom is 0.244 e. The maximum atomic E-state index is 13.6. The van der Waals surface area contributed by atoms with E-state index >= 15 is 0 Å². The molecule has 0 fully saturated rings. The minimum absolute atomic E-state index is 0.243. The standard InChI is InChI=1S/C26H36ClN3O4S/c1-6-23(26(32)28-17-19(2)3)29(16-15-21-11-8-7-9-12-21)25(31)18-30(35(5,33)34)24-14-10-13-22(27)20(24)4/h7-14,19,23H,6,15-18H2,1-5H3,(H,28,32)/t23-/m1/s1. The summed E-state index contributed by atoms with van der Waals surface area (Å²) in [5.41, 5.74) is 1.92. The molecule has 0 heterocycles. The third-order valence-electron chi connectivity index (χ3n) is 5.74. The van der Waals surface area contributed by atoms with Crippen LogP contribution in [0.4, 0.5) is 5.69 Å². The average Bonchev–Trinajstić information content (AvgIpc) is 2.80. The summed E-state index contributed by atoms with van der Waals surface area (Å²) in [7, 11) is -3.80. The number of hydrogen-bond donors (Lipinski definition) is 1. The number of carbonyl (C=O) groups excluding carboxylic acids is 2. The lowest BCUT2D eigenvalue weighted by Gasteiger charge is -2.33. The van der Waals surface area contributed by atoms with Crippen molar-refractivity contribution in [2.45, 2.75) is 46.6 Å². The van der Waals surface area contributed by atoms with E-state index in [0.29, 0.717) is 35.7 Å². The zero-order chi connectivity index (χ0) is 26.2. The van der Waals surface area contributed by atoms with Crippen LogP contribution in [-0.2, 0) is 26.0 Å². The highest BCUT2D eigenvalue weighted by molar-refractivity contribution is 7.92. The molecule has 0 spiro atoms. The van der Waals surface area contributed by atoms with E-state index in [1.165, 1.54) is 4.90 Å². The van der Waals surface area contributed by atoms with Gasteiger partial charge in [-0.3, -0.25) is 13.9 Å². The summed E-state index contributed by atoms with van der Waals surface area (Å²) in [6.07, 6.45) is 2.00. The smallest absolute Gasteiger partial charge is 0.244 e. The molecule has 0 aliphatic heterocycles. The summed E-state index contributed by atoms with van der Waals surface area (Å²) in [6.45, 7) is 7.89. The molecule has 0 saturated heterocycles. The Labute approximate surface area is 214 Å². The molecular formula is C26H36ClN3O4S. The van der Waals surface area contributed by atoms with Crippen LogP contribution in [0.25, 0.3) is 0 Å². The first-order chi connectivity index (χ1) is 16.5. The molecule has 0 aliphatic rings. The molecule has 0 aliphatic carbocycles. The van der Waals surface area contributed by atoms with Crippen LogP contribution in [0, 0.1) is 12.8 Å². The second-order valence-corrected chi connectivity index (χ2v) is 11.4. The van der Waals surface area contributed by atoms with Gasteiger partial charge >= 0.3 is 0 Å². The van der Waals surface area contributed by atoms with Crippen LogP contribution >= 0.6 is 11.6 Å². The Balaban J connectivity index is 2.39. The van der Waals surface area contributed by atoms with Crippen LogP contribution in [0.3, 0.4) is 0 Å². The predicted molar refractivity (Wildman–Crippen MR) is 142 cm³/mol. The van der Waals surface area contributed by atoms with Gasteiger partial charge in [-0.1, -0.05) is 68.8 Å². The van der Waals surface area contributed by atoms with E-state index in [2.05, 4.69) is 5.32 Å². The van der Waals surface area contributed by atoms with Gasteiger partial charge < -0.3 is 10.2 Å². The highest BCUT2D eigenvalue weighted by Gasteiger charge is 2.32. The molecule has 2 amide bonds. The summed E-state index contributed by atoms with van der Waals surface area (Å²) in [5.74, 6) is -0.429. The molecule has 0 aromatic heterocycles. The Morgan fingerprint density at radius 3 is 2.29 bits per heavy atom. The molecule has 0 saturated carbocycles. The summed E-state index contributed by atoms with van der Waals surface area (Å²) in [6, 6.07) is 13.9. The Morgan fingerprint density at radius 2 is 1.71 bits per heavy atom. The van der Waals surface area contributed by atoms with Gasteiger partial charge in [-0.2, -0.15) is 0 Å². The van der Waals surface area contributed by atoms with Gasteiger partial charge in [0, 0.05) is 18.1 Å². The van der Waals surface area contributed by atoms with E-state index in [1.54, 1.807) is 25.1 Å². The molecule has 2 aromatic carbocycles. The van der Waals surface area contributed by atoms with Gasteiger partial charge in [0.25, 0.3) is 0 Å². The van der Waals surface area contributed by atoms with Gasteiger partial charge in [0.1, 0.15) is 12.6 Å². The lowest BCUT2D eigenvalue weighted by atomic mass is 10.1. The van der Waals surface area contributed by atoms with Crippen molar-refractivity contribution in [3.05, 3.63) is 64.7 Å². The summed E-state index contributed by atoms with van der Waals surface area (Å²) >= 11 is 6.23. The van der Waals surface area contributed by atoms with Gasteiger partial charge in [0.2, 0.25) is 21.8 Å². The van der Waals surface area contributed by atoms with Crippen molar-refractivity contribution >= 4 is 39.1 Å². The first-order valence-corrected chi connectivity index (χ1v) is 14.0. The Kier molecular flexibility index (Phi) is 10.6. The van der Waals surface area contributed by atoms with Crippen LogP contribution in [0.1, 0.15) is 38.3 Å². The van der Waals surface area contributed by atoms with Crippen molar-refractivity contribution in [3.8, 4) is 0 Å². The monoisotopic (exact) mass is 521 g/mol. The molecule has 1 atom stereocenters. The molecule has 35 heavy (non-hydrogen) atoms. The second kappa shape index (κ2) is 12.9. The zero-order valence-corrected chi connectivity index (χ0v) is 22.7. The minimum atomic E-state index is -3.80. The lowest BCUT2D eigenvalue weighted by Crippen LogP contribution is -2.53. The highest BCUT2D eigenvalue weighted by Crippen LogP contribution is 2.28. The molecular weight excluding hydrogens is 486 g/mol. The predicted octanol–water partition coefficient (Wildman–Crippen LogP) is 4.04. The molecule has 0 bridgehead atoms. The largest absolute Gasteiger partial charge is 0.354 e. The third kappa shape index (κ3) is 8.25. The molecule has 2 aromatic rings. The van der Waals surface area contributed by atoms with Crippen molar-refractivity contribution in [3.63, 3.8) is 0 Å². The van der Waals surface area contributed by atoms with E-state index in [4.69, 9.17) is 11.6 Å². The minimum Gasteiger partial charge on any atom is -0.354 e. The number of amides is 2. The van der Waals surface area contributed by atoms with Crippen molar-refractivity contribution in [2.24, 2.45) is 5.92 Å². The van der Waals surface area contributed by atoms with E-state index in [0.717, 1.165) is 16.1 Å². The van der Waals surface area contributed by atoms with Crippen LogP contribution in [-0.4, -0.2) is 57.1 Å². The number of hydrogen-bond acceptors (Lipinski definition) is 4. The quantitative estimate of drug-likeness (QED) is 0.456. The van der Waals surface area contributed by atoms with Crippen molar-refractivity contribution < 1.29 is 18.0 Å². The fourth-order valence-electron chi connectivity index (χ4n) is 3.78. The number of nitrogens with one attached hydrogen (secondary N) is 1. The summed E-state index contributed by atoms with van der Waals surface area (Å²) < 4.78 is 26.5. The number of benzene rings is 2. The Bertz CT molecular complexity index is 1110. The van der Waals surface area contributed by atoms with Gasteiger partial charge in [0.05, 0.1) is 11.9 Å². The van der Waals surface area contributed by atoms with E-state index < -0.39 is 28.5 Å². The van der Waals surface area contributed by atoms with Crippen molar-refractivity contribution in [1.82, 2.24) is 10.2 Å². The van der Waals surface area contributed by atoms with Crippen LogP contribution in [0.2, 0.25) is 5.02 Å². The summed E-state index contributed by atoms with van der Waals surface area (Å²) in [4.78, 5) is 28.2. The van der Waals surface area contributed by atoms with E-state index in [-0.39, 0.29) is 18.4 Å².